The van der Waals surface area contributed by atoms with Crippen molar-refractivity contribution in [2.75, 3.05) is 32.5 Å². The quantitative estimate of drug-likeness (QED) is 0.427. The summed E-state index contributed by atoms with van der Waals surface area (Å²) in [6.45, 7) is 7.08. The van der Waals surface area contributed by atoms with Gasteiger partial charge in [0.2, 0.25) is 5.95 Å². The summed E-state index contributed by atoms with van der Waals surface area (Å²) < 4.78 is 1.84. The fourth-order valence-electron chi connectivity index (χ4n) is 6.09. The lowest BCUT2D eigenvalue weighted by molar-refractivity contribution is 0.298. The molecule has 0 amide bonds. The highest BCUT2D eigenvalue weighted by Gasteiger charge is 2.64. The summed E-state index contributed by atoms with van der Waals surface area (Å²) in [5.41, 5.74) is 4.80. The Morgan fingerprint density at radius 3 is 2.69 bits per heavy atom. The smallest absolute Gasteiger partial charge is 0.260 e. The number of aromatic nitrogens is 4. The van der Waals surface area contributed by atoms with Crippen LogP contribution in [0.2, 0.25) is 5.02 Å². The van der Waals surface area contributed by atoms with Crippen LogP contribution in [0.25, 0.3) is 33.4 Å². The molecule has 4 heterocycles. The molecule has 3 unspecified atom stereocenters. The molecule has 4 aromatic rings. The molecule has 3 aromatic heterocycles. The van der Waals surface area contributed by atoms with Crippen molar-refractivity contribution in [1.29, 1.82) is 0 Å². The second kappa shape index (κ2) is 8.39. The topological polar surface area (TPSA) is 75.9 Å². The molecule has 1 N–H and O–H groups in total. The van der Waals surface area contributed by atoms with Crippen LogP contribution in [0.5, 0.6) is 0 Å². The number of halogens is 1. The largest absolute Gasteiger partial charge is 0.357 e. The van der Waals surface area contributed by atoms with E-state index < -0.39 is 0 Å². The van der Waals surface area contributed by atoms with Crippen molar-refractivity contribution in [1.82, 2.24) is 24.4 Å². The molecule has 1 saturated heterocycles. The van der Waals surface area contributed by atoms with Crippen LogP contribution in [0.15, 0.2) is 53.5 Å². The lowest BCUT2D eigenvalue weighted by atomic mass is 10.0. The first kappa shape index (κ1) is 23.1. The number of fused-ring (bicyclic) bond motifs is 2. The van der Waals surface area contributed by atoms with Gasteiger partial charge in [-0.1, -0.05) is 36.7 Å². The number of nitrogens with zero attached hydrogens (tertiary/aromatic N) is 5. The molecule has 2 aliphatic rings. The Bertz CT molecular complexity index is 1570. The molecule has 1 aromatic carbocycles. The zero-order valence-corrected chi connectivity index (χ0v) is 21.7. The fourth-order valence-corrected chi connectivity index (χ4v) is 6.37. The van der Waals surface area contributed by atoms with Gasteiger partial charge < -0.3 is 10.2 Å². The van der Waals surface area contributed by atoms with Crippen LogP contribution in [0.4, 0.5) is 5.95 Å². The molecule has 1 aliphatic carbocycles. The van der Waals surface area contributed by atoms with E-state index in [1.54, 1.807) is 13.2 Å². The first-order valence-corrected chi connectivity index (χ1v) is 12.7. The highest BCUT2D eigenvalue weighted by atomic mass is 35.5. The Morgan fingerprint density at radius 1 is 1.17 bits per heavy atom. The van der Waals surface area contributed by atoms with Gasteiger partial charge in [-0.2, -0.15) is 4.98 Å². The van der Waals surface area contributed by atoms with Crippen molar-refractivity contribution < 1.29 is 0 Å². The van der Waals surface area contributed by atoms with Crippen molar-refractivity contribution >= 4 is 28.6 Å². The number of hydrogen-bond donors (Lipinski definition) is 1. The molecule has 7 nitrogen and oxygen atoms in total. The first-order valence-electron chi connectivity index (χ1n) is 12.3. The Balaban J connectivity index is 1.46. The van der Waals surface area contributed by atoms with E-state index in [1.165, 1.54) is 0 Å². The number of piperidine rings is 1. The molecule has 3 atom stereocenters. The van der Waals surface area contributed by atoms with Gasteiger partial charge in [-0.3, -0.25) is 14.3 Å². The van der Waals surface area contributed by atoms with Crippen molar-refractivity contribution in [3.63, 3.8) is 0 Å². The average Bonchev–Trinajstić information content (AvgIpc) is 3.23. The molecule has 36 heavy (non-hydrogen) atoms. The maximum atomic E-state index is 14.0. The van der Waals surface area contributed by atoms with Gasteiger partial charge in [0.25, 0.3) is 5.56 Å². The number of rotatable bonds is 5. The molecular weight excluding hydrogens is 472 g/mol. The minimum Gasteiger partial charge on any atom is -0.357 e. The molecule has 184 valence electrons. The molecule has 8 heteroatoms. The fraction of sp³-hybridized carbons (Fsp3) is 0.357. The van der Waals surface area contributed by atoms with Crippen LogP contribution in [0, 0.1) is 24.2 Å². The zero-order chi connectivity index (χ0) is 25.2. The number of anilines is 1. The van der Waals surface area contributed by atoms with Gasteiger partial charge in [0.05, 0.1) is 5.69 Å². The zero-order valence-electron chi connectivity index (χ0n) is 20.9. The number of likely N-dealkylation sites (tertiary alicyclic amines) is 1. The molecule has 1 aliphatic heterocycles. The predicted octanol–water partition coefficient (Wildman–Crippen LogP) is 4.72. The second-order valence-corrected chi connectivity index (χ2v) is 10.9. The Kier molecular flexibility index (Phi) is 5.39. The minimum absolute atomic E-state index is 0.0755. The van der Waals surface area contributed by atoms with Gasteiger partial charge in [0.15, 0.2) is 0 Å². The van der Waals surface area contributed by atoms with Gasteiger partial charge in [-0.25, -0.2) is 4.98 Å². The minimum atomic E-state index is -0.0755. The Morgan fingerprint density at radius 2 is 2.00 bits per heavy atom. The second-order valence-electron chi connectivity index (χ2n) is 10.5. The highest BCUT2D eigenvalue weighted by molar-refractivity contribution is 6.33. The van der Waals surface area contributed by atoms with Gasteiger partial charge in [0, 0.05) is 65.7 Å². The summed E-state index contributed by atoms with van der Waals surface area (Å²) >= 11 is 6.79. The monoisotopic (exact) mass is 500 g/mol. The lowest BCUT2D eigenvalue weighted by Gasteiger charge is -2.19. The van der Waals surface area contributed by atoms with Gasteiger partial charge in [0.1, 0.15) is 5.65 Å². The summed E-state index contributed by atoms with van der Waals surface area (Å²) in [6, 6.07) is 13.5. The molecule has 1 saturated carbocycles. The van der Waals surface area contributed by atoms with Gasteiger partial charge in [-0.15, -0.1) is 0 Å². The van der Waals surface area contributed by atoms with Gasteiger partial charge in [-0.05, 0) is 55.5 Å². The Labute approximate surface area is 215 Å². The van der Waals surface area contributed by atoms with Crippen LogP contribution in [0.1, 0.15) is 12.6 Å². The number of pyridine rings is 2. The number of aryl methyl sites for hydroxylation is 1. The lowest BCUT2D eigenvalue weighted by Crippen LogP contribution is -2.28. The van der Waals surface area contributed by atoms with E-state index in [-0.39, 0.29) is 11.0 Å². The number of hydrogen-bond acceptors (Lipinski definition) is 6. The maximum Gasteiger partial charge on any atom is 0.260 e. The van der Waals surface area contributed by atoms with E-state index >= 15 is 0 Å². The van der Waals surface area contributed by atoms with E-state index in [1.807, 2.05) is 54.0 Å². The highest BCUT2D eigenvalue weighted by Crippen LogP contribution is 2.63. The average molecular weight is 501 g/mol. The molecule has 0 bridgehead atoms. The van der Waals surface area contributed by atoms with Crippen molar-refractivity contribution in [3.8, 4) is 22.4 Å². The Hall–Kier alpha value is -3.29. The first-order chi connectivity index (χ1) is 17.3. The summed E-state index contributed by atoms with van der Waals surface area (Å²) in [4.78, 5) is 30.1. The predicted molar refractivity (Wildman–Crippen MR) is 144 cm³/mol. The van der Waals surface area contributed by atoms with Crippen LogP contribution in [-0.4, -0.2) is 51.6 Å². The van der Waals surface area contributed by atoms with E-state index in [4.69, 9.17) is 11.6 Å². The standard InChI is InChI=1S/C28H29ClN6O/c1-16-6-5-7-24(32-16)17-8-9-19(23(29)11-17)20-10-18-12-31-27(30-3)33-25(18)35(26(20)36)14-22-21-13-34(4)15-28(21,22)2/h5-12,21-22H,13-15H2,1-4H3,(H,30,31,33). The third-order valence-corrected chi connectivity index (χ3v) is 8.38. The van der Waals surface area contributed by atoms with Crippen LogP contribution >= 0.6 is 11.6 Å². The summed E-state index contributed by atoms with van der Waals surface area (Å²) in [6.07, 6.45) is 1.77. The van der Waals surface area contributed by atoms with E-state index in [0.29, 0.717) is 46.1 Å². The van der Waals surface area contributed by atoms with E-state index in [0.717, 1.165) is 35.4 Å². The molecule has 0 spiro atoms. The van der Waals surface area contributed by atoms with Crippen LogP contribution < -0.4 is 10.9 Å². The molecular formula is C28H29ClN6O. The van der Waals surface area contributed by atoms with Crippen LogP contribution in [-0.2, 0) is 6.54 Å². The maximum absolute atomic E-state index is 14.0. The van der Waals surface area contributed by atoms with E-state index in [2.05, 4.69) is 39.1 Å². The van der Waals surface area contributed by atoms with Crippen LogP contribution in [0.3, 0.4) is 0 Å². The SMILES string of the molecule is CNc1ncc2cc(-c3ccc(-c4cccc(C)n4)cc3Cl)c(=O)n(CC3C4CN(C)CC43C)c2n1. The summed E-state index contributed by atoms with van der Waals surface area (Å²) in [5, 5.41) is 4.33. The van der Waals surface area contributed by atoms with Gasteiger partial charge >= 0.3 is 0 Å². The third kappa shape index (κ3) is 3.69. The number of benzene rings is 1. The summed E-state index contributed by atoms with van der Waals surface area (Å²) in [5.74, 6) is 1.55. The molecule has 2 fully saturated rings. The third-order valence-electron chi connectivity index (χ3n) is 8.06. The van der Waals surface area contributed by atoms with Crippen molar-refractivity contribution in [2.24, 2.45) is 17.3 Å². The summed E-state index contributed by atoms with van der Waals surface area (Å²) in [7, 11) is 3.95. The normalized spacial score (nSPS) is 23.1. The molecule has 0 radical (unpaired) electrons. The molecule has 6 rings (SSSR count). The number of nitrogens with one attached hydrogen (secondary N) is 1. The van der Waals surface area contributed by atoms with Crippen molar-refractivity contribution in [3.05, 3.63) is 69.7 Å². The van der Waals surface area contributed by atoms with Crippen molar-refractivity contribution in [2.45, 2.75) is 20.4 Å². The van der Waals surface area contributed by atoms with E-state index in [9.17, 15) is 4.79 Å².